The van der Waals surface area contributed by atoms with Crippen molar-refractivity contribution in [3.63, 3.8) is 0 Å². The van der Waals surface area contributed by atoms with Crippen LogP contribution in [0, 0.1) is 6.92 Å². The van der Waals surface area contributed by atoms with Gasteiger partial charge in [0.15, 0.2) is 0 Å². The molecule has 0 aliphatic rings. The third-order valence-corrected chi connectivity index (χ3v) is 5.38. The summed E-state index contributed by atoms with van der Waals surface area (Å²) in [5.41, 5.74) is 3.56. The summed E-state index contributed by atoms with van der Waals surface area (Å²) < 4.78 is 1.24. The molecule has 1 aromatic heterocycles. The lowest BCUT2D eigenvalue weighted by Gasteiger charge is -2.12. The van der Waals surface area contributed by atoms with E-state index in [2.05, 4.69) is 52.1 Å². The highest BCUT2D eigenvalue weighted by Crippen LogP contribution is 2.33. The lowest BCUT2D eigenvalue weighted by atomic mass is 10.0. The average Bonchev–Trinajstić information content (AvgIpc) is 2.83. The van der Waals surface area contributed by atoms with Gasteiger partial charge in [0.05, 0.1) is 15.2 Å². The van der Waals surface area contributed by atoms with Crippen LogP contribution >= 0.6 is 38.9 Å². The van der Waals surface area contributed by atoms with Gasteiger partial charge in [-0.2, -0.15) is 0 Å². The number of aromatic nitrogens is 1. The molecule has 3 rings (SSSR count). The largest absolute Gasteiger partial charge is 0.241 e. The van der Waals surface area contributed by atoms with Gasteiger partial charge in [-0.1, -0.05) is 45.7 Å². The lowest BCUT2D eigenvalue weighted by molar-refractivity contribution is 0.929. The highest BCUT2D eigenvalue weighted by Gasteiger charge is 2.14. The first-order chi connectivity index (χ1) is 9.63. The predicted octanol–water partition coefficient (Wildman–Crippen LogP) is 5.94. The Morgan fingerprint density at radius 2 is 2.05 bits per heavy atom. The van der Waals surface area contributed by atoms with Crippen LogP contribution in [-0.4, -0.2) is 4.98 Å². The molecule has 0 bridgehead atoms. The number of aryl methyl sites for hydroxylation is 1. The van der Waals surface area contributed by atoms with Gasteiger partial charge < -0.3 is 0 Å². The van der Waals surface area contributed by atoms with Crippen LogP contribution < -0.4 is 0 Å². The second-order valence-electron chi connectivity index (χ2n) is 4.75. The molecule has 0 amide bonds. The smallest absolute Gasteiger partial charge is 0.0953 e. The number of hydrogen-bond donors (Lipinski definition) is 0. The second-order valence-corrected chi connectivity index (χ2v) is 7.40. The summed E-state index contributed by atoms with van der Waals surface area (Å²) in [6.07, 6.45) is 0.876. The molecule has 20 heavy (non-hydrogen) atoms. The molecular formula is C16H13BrClNS. The molecule has 1 atom stereocenters. The van der Waals surface area contributed by atoms with Gasteiger partial charge in [0, 0.05) is 16.3 Å². The van der Waals surface area contributed by atoms with Crippen LogP contribution in [0.25, 0.3) is 10.2 Å². The first-order valence-electron chi connectivity index (χ1n) is 6.38. The number of rotatable bonds is 3. The zero-order chi connectivity index (χ0) is 14.1. The minimum absolute atomic E-state index is 0.238. The van der Waals surface area contributed by atoms with Gasteiger partial charge >= 0.3 is 0 Å². The Morgan fingerprint density at radius 3 is 2.85 bits per heavy atom. The van der Waals surface area contributed by atoms with Gasteiger partial charge in [-0.15, -0.1) is 11.3 Å². The molecule has 0 fully saturated rings. The van der Waals surface area contributed by atoms with E-state index in [4.69, 9.17) is 11.6 Å². The van der Waals surface area contributed by atoms with Crippen molar-refractivity contribution in [2.24, 2.45) is 0 Å². The van der Waals surface area contributed by atoms with Gasteiger partial charge in [-0.05, 0) is 42.3 Å². The van der Waals surface area contributed by atoms with Crippen LogP contribution in [0.15, 0.2) is 42.5 Å². The molecule has 1 nitrogen and oxygen atoms in total. The van der Waals surface area contributed by atoms with Crippen molar-refractivity contribution < 1.29 is 0 Å². The number of fused-ring (bicyclic) bond motifs is 1. The van der Waals surface area contributed by atoms with Crippen LogP contribution in [0.5, 0.6) is 0 Å². The molecule has 1 unspecified atom stereocenters. The van der Waals surface area contributed by atoms with Crippen LogP contribution in [0.4, 0.5) is 0 Å². The van der Waals surface area contributed by atoms with Crippen molar-refractivity contribution in [3.8, 4) is 0 Å². The first kappa shape index (κ1) is 14.1. The molecule has 0 radical (unpaired) electrons. The summed E-state index contributed by atoms with van der Waals surface area (Å²) in [7, 11) is 0. The van der Waals surface area contributed by atoms with E-state index in [0.29, 0.717) is 0 Å². The van der Waals surface area contributed by atoms with Crippen molar-refractivity contribution in [1.29, 1.82) is 0 Å². The van der Waals surface area contributed by atoms with E-state index in [0.717, 1.165) is 22.0 Å². The summed E-state index contributed by atoms with van der Waals surface area (Å²) >= 11 is 11.6. The summed E-state index contributed by atoms with van der Waals surface area (Å²) in [6.45, 7) is 2.11. The second kappa shape index (κ2) is 5.84. The highest BCUT2D eigenvalue weighted by atomic mass is 79.9. The average molecular weight is 367 g/mol. The summed E-state index contributed by atoms with van der Waals surface area (Å²) in [4.78, 5) is 4.92. The quantitative estimate of drug-likeness (QED) is 0.523. The van der Waals surface area contributed by atoms with E-state index < -0.39 is 0 Å². The number of thiazole rings is 1. The molecule has 0 aliphatic heterocycles. The van der Waals surface area contributed by atoms with Gasteiger partial charge in [-0.3, -0.25) is 0 Å². The maximum Gasteiger partial charge on any atom is 0.0953 e. The normalized spacial score (nSPS) is 12.8. The molecule has 0 saturated heterocycles. The number of para-hydroxylation sites is 1. The monoisotopic (exact) mass is 365 g/mol. The third kappa shape index (κ3) is 2.90. The van der Waals surface area contributed by atoms with Gasteiger partial charge in [0.2, 0.25) is 0 Å². The van der Waals surface area contributed by atoms with E-state index >= 15 is 0 Å². The molecule has 3 aromatic rings. The van der Waals surface area contributed by atoms with Crippen LogP contribution in [0.1, 0.15) is 21.0 Å². The van der Waals surface area contributed by atoms with E-state index in [1.54, 1.807) is 11.3 Å². The highest BCUT2D eigenvalue weighted by molar-refractivity contribution is 9.09. The topological polar surface area (TPSA) is 12.9 Å². The number of halogens is 2. The lowest BCUT2D eigenvalue weighted by Crippen LogP contribution is -1.97. The Balaban J connectivity index is 1.88. The SMILES string of the molecule is Cc1ccc(Cl)cc1C(Br)Cc1nc2ccccc2s1. The first-order valence-corrected chi connectivity index (χ1v) is 8.49. The summed E-state index contributed by atoms with van der Waals surface area (Å²) in [5, 5.41) is 1.92. The fourth-order valence-electron chi connectivity index (χ4n) is 2.22. The van der Waals surface area contributed by atoms with Crippen LogP contribution in [-0.2, 0) is 6.42 Å². The van der Waals surface area contributed by atoms with E-state index in [1.165, 1.54) is 15.8 Å². The van der Waals surface area contributed by atoms with Crippen molar-refractivity contribution in [1.82, 2.24) is 4.98 Å². The number of hydrogen-bond acceptors (Lipinski definition) is 2. The maximum absolute atomic E-state index is 6.09. The molecule has 0 saturated carbocycles. The van der Waals surface area contributed by atoms with Crippen LogP contribution in [0.3, 0.4) is 0 Å². The number of nitrogens with zero attached hydrogens (tertiary/aromatic N) is 1. The van der Waals surface area contributed by atoms with Crippen molar-refractivity contribution >= 4 is 49.1 Å². The third-order valence-electron chi connectivity index (χ3n) is 3.27. The molecule has 0 N–H and O–H groups in total. The number of alkyl halides is 1. The Hall–Kier alpha value is -0.900. The van der Waals surface area contributed by atoms with E-state index in [9.17, 15) is 0 Å². The fraction of sp³-hybridized carbons (Fsp3) is 0.188. The zero-order valence-corrected chi connectivity index (χ0v) is 14.1. The minimum atomic E-state index is 0.238. The van der Waals surface area contributed by atoms with Crippen molar-refractivity contribution in [3.05, 3.63) is 63.6 Å². The maximum atomic E-state index is 6.09. The van der Waals surface area contributed by atoms with Gasteiger partial charge in [0.1, 0.15) is 0 Å². The Morgan fingerprint density at radius 1 is 1.25 bits per heavy atom. The Labute approximate surface area is 135 Å². The number of benzene rings is 2. The molecule has 4 heteroatoms. The van der Waals surface area contributed by atoms with Gasteiger partial charge in [0.25, 0.3) is 0 Å². The molecule has 1 heterocycles. The van der Waals surface area contributed by atoms with E-state index in [1.807, 2.05) is 18.2 Å². The molecule has 2 aromatic carbocycles. The van der Waals surface area contributed by atoms with E-state index in [-0.39, 0.29) is 4.83 Å². The Kier molecular flexibility index (Phi) is 4.11. The zero-order valence-electron chi connectivity index (χ0n) is 10.9. The molecule has 102 valence electrons. The van der Waals surface area contributed by atoms with Crippen LogP contribution in [0.2, 0.25) is 5.02 Å². The predicted molar refractivity (Wildman–Crippen MR) is 91.2 cm³/mol. The minimum Gasteiger partial charge on any atom is -0.241 e. The summed E-state index contributed by atoms with van der Waals surface area (Å²) in [6, 6.07) is 14.3. The standard InChI is InChI=1S/C16H13BrClNS/c1-10-6-7-11(18)8-12(10)13(17)9-16-19-14-4-2-3-5-15(14)20-16/h2-8,13H,9H2,1H3. The molecule has 0 spiro atoms. The van der Waals surface area contributed by atoms with Gasteiger partial charge in [-0.25, -0.2) is 4.98 Å². The fourth-order valence-corrected chi connectivity index (χ4v) is 4.43. The Bertz CT molecular complexity index is 720. The molecule has 0 aliphatic carbocycles. The summed E-state index contributed by atoms with van der Waals surface area (Å²) in [5.74, 6) is 0. The van der Waals surface area contributed by atoms with Crippen molar-refractivity contribution in [2.75, 3.05) is 0 Å². The molecular weight excluding hydrogens is 354 g/mol. The van der Waals surface area contributed by atoms with Crippen molar-refractivity contribution in [2.45, 2.75) is 18.2 Å².